The number of hydrogen-bond acceptors (Lipinski definition) is 5. The monoisotopic (exact) mass is 365 g/mol. The molecule has 4 amide bonds. The molecule has 1 saturated heterocycles. The van der Waals surface area contributed by atoms with Gasteiger partial charge in [0.25, 0.3) is 5.91 Å². The van der Waals surface area contributed by atoms with Crippen LogP contribution in [0.4, 0.5) is 4.79 Å². The highest BCUT2D eigenvalue weighted by Crippen LogP contribution is 2.31. The first-order valence-electron chi connectivity index (χ1n) is 8.32. The number of imide groups is 1. The summed E-state index contributed by atoms with van der Waals surface area (Å²) in [6.45, 7) is -0.238. The van der Waals surface area contributed by atoms with E-state index in [1.54, 1.807) is 6.07 Å². The zero-order chi connectivity index (χ0) is 19.0. The predicted molar refractivity (Wildman–Crippen MR) is 92.5 cm³/mol. The molecule has 2 heterocycles. The molecule has 0 bridgehead atoms. The highest BCUT2D eigenvalue weighted by Gasteiger charge is 2.30. The lowest BCUT2D eigenvalue weighted by molar-refractivity contribution is -0.118. The molecule has 0 spiro atoms. The molecule has 0 radical (unpaired) electrons. The fourth-order valence-corrected chi connectivity index (χ4v) is 3.11. The Bertz CT molecular complexity index is 957. The van der Waals surface area contributed by atoms with E-state index in [-0.39, 0.29) is 12.1 Å². The van der Waals surface area contributed by atoms with Crippen molar-refractivity contribution in [3.63, 3.8) is 0 Å². The van der Waals surface area contributed by atoms with Crippen molar-refractivity contribution >= 4 is 23.8 Å². The number of ether oxygens (including phenoxy) is 1. The van der Waals surface area contributed by atoms with Gasteiger partial charge in [0.2, 0.25) is 5.91 Å². The van der Waals surface area contributed by atoms with Crippen molar-refractivity contribution in [2.75, 3.05) is 6.54 Å². The Hall–Kier alpha value is -3.68. The van der Waals surface area contributed by atoms with Gasteiger partial charge in [0, 0.05) is 12.0 Å². The second kappa shape index (κ2) is 6.56. The van der Waals surface area contributed by atoms with Crippen LogP contribution < -0.4 is 10.7 Å². The molecule has 0 unspecified atom stereocenters. The maximum atomic E-state index is 12.4. The molecular weight excluding hydrogens is 350 g/mol. The number of esters is 1. The molecule has 1 fully saturated rings. The van der Waals surface area contributed by atoms with Crippen LogP contribution in [0.1, 0.15) is 37.9 Å². The van der Waals surface area contributed by atoms with Crippen molar-refractivity contribution in [3.05, 3.63) is 70.8 Å². The third-order valence-corrected chi connectivity index (χ3v) is 4.44. The normalized spacial score (nSPS) is 18.6. The summed E-state index contributed by atoms with van der Waals surface area (Å²) in [7, 11) is 0. The minimum Gasteiger partial charge on any atom is -0.454 e. The Morgan fingerprint density at radius 2 is 1.89 bits per heavy atom. The first-order valence-corrected chi connectivity index (χ1v) is 8.32. The SMILES string of the molecule is O=C1CN(NC(=O)c2ccc3c(c2)C[C@H](c2ccccc2)OC3=O)C(=O)N1. The van der Waals surface area contributed by atoms with Crippen LogP contribution in [0.3, 0.4) is 0 Å². The number of amides is 4. The van der Waals surface area contributed by atoms with Crippen LogP contribution in [0.2, 0.25) is 0 Å². The number of carbonyl (C=O) groups excluding carboxylic acids is 4. The van der Waals surface area contributed by atoms with Crippen LogP contribution in [0, 0.1) is 0 Å². The van der Waals surface area contributed by atoms with E-state index in [1.807, 2.05) is 30.3 Å². The first-order chi connectivity index (χ1) is 13.0. The van der Waals surface area contributed by atoms with Crippen LogP contribution in [0.15, 0.2) is 48.5 Å². The average Bonchev–Trinajstić information content (AvgIpc) is 2.98. The summed E-state index contributed by atoms with van der Waals surface area (Å²) in [5.74, 6) is -1.47. The minimum atomic E-state index is -0.681. The third-order valence-electron chi connectivity index (χ3n) is 4.44. The lowest BCUT2D eigenvalue weighted by Crippen LogP contribution is -2.44. The lowest BCUT2D eigenvalue weighted by Gasteiger charge is -2.25. The Morgan fingerprint density at radius 3 is 2.59 bits per heavy atom. The van der Waals surface area contributed by atoms with Gasteiger partial charge < -0.3 is 4.74 Å². The van der Waals surface area contributed by atoms with E-state index in [0.717, 1.165) is 10.6 Å². The summed E-state index contributed by atoms with van der Waals surface area (Å²) in [5.41, 5.74) is 4.63. The van der Waals surface area contributed by atoms with Gasteiger partial charge in [-0.05, 0) is 29.3 Å². The number of fused-ring (bicyclic) bond motifs is 1. The largest absolute Gasteiger partial charge is 0.454 e. The molecule has 2 aliphatic heterocycles. The molecular formula is C19H15N3O5. The van der Waals surface area contributed by atoms with Crippen LogP contribution in [-0.2, 0) is 16.0 Å². The number of nitrogens with zero attached hydrogens (tertiary/aromatic N) is 1. The van der Waals surface area contributed by atoms with Gasteiger partial charge >= 0.3 is 12.0 Å². The number of carbonyl (C=O) groups is 4. The number of rotatable bonds is 3. The summed E-state index contributed by atoms with van der Waals surface area (Å²) < 4.78 is 5.49. The first kappa shape index (κ1) is 16.8. The highest BCUT2D eigenvalue weighted by atomic mass is 16.5. The van der Waals surface area contributed by atoms with Gasteiger partial charge in [-0.1, -0.05) is 30.3 Å². The van der Waals surface area contributed by atoms with Gasteiger partial charge in [0.05, 0.1) is 5.56 Å². The lowest BCUT2D eigenvalue weighted by atomic mass is 9.93. The maximum Gasteiger partial charge on any atom is 0.343 e. The van der Waals surface area contributed by atoms with Gasteiger partial charge in [-0.3, -0.25) is 20.3 Å². The summed E-state index contributed by atoms with van der Waals surface area (Å²) >= 11 is 0. The van der Waals surface area contributed by atoms with Crippen molar-refractivity contribution in [2.24, 2.45) is 0 Å². The van der Waals surface area contributed by atoms with Crippen molar-refractivity contribution in [3.8, 4) is 0 Å². The molecule has 136 valence electrons. The van der Waals surface area contributed by atoms with E-state index >= 15 is 0 Å². The summed E-state index contributed by atoms with van der Waals surface area (Å²) in [4.78, 5) is 47.4. The summed E-state index contributed by atoms with van der Waals surface area (Å²) in [5, 5.41) is 2.98. The molecule has 27 heavy (non-hydrogen) atoms. The van der Waals surface area contributed by atoms with Gasteiger partial charge in [-0.15, -0.1) is 0 Å². The minimum absolute atomic E-state index is 0.238. The van der Waals surface area contributed by atoms with E-state index in [2.05, 4.69) is 10.7 Å². The third kappa shape index (κ3) is 3.24. The van der Waals surface area contributed by atoms with E-state index in [4.69, 9.17) is 4.74 Å². The van der Waals surface area contributed by atoms with Crippen LogP contribution in [-0.4, -0.2) is 35.4 Å². The van der Waals surface area contributed by atoms with Crippen LogP contribution >= 0.6 is 0 Å². The Kier molecular flexibility index (Phi) is 4.08. The number of hydrogen-bond donors (Lipinski definition) is 2. The van der Waals surface area contributed by atoms with Gasteiger partial charge in [0.1, 0.15) is 12.6 Å². The van der Waals surface area contributed by atoms with E-state index in [9.17, 15) is 19.2 Å². The van der Waals surface area contributed by atoms with Crippen molar-refractivity contribution < 1.29 is 23.9 Å². The molecule has 2 aliphatic rings. The second-order valence-corrected chi connectivity index (χ2v) is 6.26. The molecule has 1 atom stereocenters. The fraction of sp³-hybridized carbons (Fsp3) is 0.158. The van der Waals surface area contributed by atoms with Crippen molar-refractivity contribution in [1.29, 1.82) is 0 Å². The topological polar surface area (TPSA) is 105 Å². The molecule has 2 aromatic carbocycles. The molecule has 8 nitrogen and oxygen atoms in total. The molecule has 0 aromatic heterocycles. The number of nitrogens with one attached hydrogen (secondary N) is 2. The zero-order valence-corrected chi connectivity index (χ0v) is 14.1. The molecule has 2 N–H and O–H groups in total. The van der Waals surface area contributed by atoms with Crippen molar-refractivity contribution in [1.82, 2.24) is 15.8 Å². The summed E-state index contributed by atoms with van der Waals surface area (Å²) in [6.07, 6.45) is 0.0148. The highest BCUT2D eigenvalue weighted by molar-refractivity contribution is 6.04. The van der Waals surface area contributed by atoms with Gasteiger partial charge in [0.15, 0.2) is 0 Å². The van der Waals surface area contributed by atoms with E-state index in [1.165, 1.54) is 12.1 Å². The molecule has 8 heteroatoms. The predicted octanol–water partition coefficient (Wildman–Crippen LogP) is 1.34. The Balaban J connectivity index is 1.56. The average molecular weight is 365 g/mol. The van der Waals surface area contributed by atoms with Gasteiger partial charge in [-0.2, -0.15) is 0 Å². The Labute approximate surface area is 154 Å². The molecule has 0 aliphatic carbocycles. The van der Waals surface area contributed by atoms with E-state index in [0.29, 0.717) is 17.5 Å². The van der Waals surface area contributed by atoms with Crippen LogP contribution in [0.5, 0.6) is 0 Å². The molecule has 2 aromatic rings. The quantitative estimate of drug-likeness (QED) is 0.631. The second-order valence-electron chi connectivity index (χ2n) is 6.26. The molecule has 0 saturated carbocycles. The maximum absolute atomic E-state index is 12.4. The standard InChI is InChI=1S/C19H15N3O5/c23-16-10-22(19(26)20-16)21-17(24)12-6-7-14-13(8-12)9-15(27-18(14)25)11-4-2-1-3-5-11/h1-8,15H,9-10H2,(H,21,24)(H,20,23,26)/t15-/m1/s1. The van der Waals surface area contributed by atoms with Gasteiger partial charge in [-0.25, -0.2) is 14.6 Å². The zero-order valence-electron chi connectivity index (χ0n) is 14.1. The van der Waals surface area contributed by atoms with E-state index < -0.39 is 29.9 Å². The molecule has 4 rings (SSSR count). The smallest absolute Gasteiger partial charge is 0.343 e. The fourth-order valence-electron chi connectivity index (χ4n) is 3.11. The Morgan fingerprint density at radius 1 is 1.11 bits per heavy atom. The number of hydrazine groups is 1. The number of urea groups is 1. The van der Waals surface area contributed by atoms with Crippen LogP contribution in [0.25, 0.3) is 0 Å². The summed E-state index contributed by atoms with van der Waals surface area (Å²) in [6, 6.07) is 13.3. The van der Waals surface area contributed by atoms with Crippen molar-refractivity contribution in [2.45, 2.75) is 12.5 Å². The number of cyclic esters (lactones) is 1. The number of benzene rings is 2.